The highest BCUT2D eigenvalue weighted by molar-refractivity contribution is 5.94. The Kier molecular flexibility index (Phi) is 5.23. The summed E-state index contributed by atoms with van der Waals surface area (Å²) in [6, 6.07) is 6.59. The number of nitrogens with two attached hydrogens (primary N) is 2. The first-order valence-corrected chi connectivity index (χ1v) is 6.15. The molecule has 5 nitrogen and oxygen atoms in total. The lowest BCUT2D eigenvalue weighted by molar-refractivity contribution is -0.123. The average Bonchev–Trinajstić information content (AvgIpc) is 2.46. The van der Waals surface area contributed by atoms with Crippen LogP contribution in [0.5, 0.6) is 0 Å². The number of nitrogen functional groups attached to an aromatic ring is 1. The molecule has 0 atom stereocenters. The lowest BCUT2D eigenvalue weighted by Gasteiger charge is -2.29. The molecule has 0 fully saturated rings. The van der Waals surface area contributed by atoms with Crippen LogP contribution in [0.4, 0.5) is 0 Å². The molecule has 106 valence electrons. The number of carbonyl (C=O) groups is 2. The van der Waals surface area contributed by atoms with E-state index in [1.807, 2.05) is 5.43 Å². The predicted molar refractivity (Wildman–Crippen MR) is 78.6 cm³/mol. The van der Waals surface area contributed by atoms with Crippen molar-refractivity contribution in [3.8, 4) is 0 Å². The molecule has 0 spiro atoms. The fraction of sp³-hybridized carbons (Fsp3) is 0.200. The van der Waals surface area contributed by atoms with Crippen molar-refractivity contribution in [3.63, 3.8) is 0 Å². The van der Waals surface area contributed by atoms with Crippen LogP contribution in [0.1, 0.15) is 28.8 Å². The maximum absolute atomic E-state index is 11.9. The average molecular weight is 273 g/mol. The van der Waals surface area contributed by atoms with Crippen molar-refractivity contribution < 1.29 is 9.59 Å². The Hall–Kier alpha value is -2.40. The van der Waals surface area contributed by atoms with Crippen molar-refractivity contribution in [2.45, 2.75) is 18.3 Å². The van der Waals surface area contributed by atoms with E-state index in [1.165, 1.54) is 0 Å². The van der Waals surface area contributed by atoms with E-state index >= 15 is 0 Å². The Morgan fingerprint density at radius 1 is 1.15 bits per heavy atom. The van der Waals surface area contributed by atoms with Crippen LogP contribution in [0.2, 0.25) is 0 Å². The SMILES string of the molecule is C=CCC(CC=C)(C(N)=O)c1ccc(C(=O)NN)cc1. The number of nitrogens with one attached hydrogen (secondary N) is 1. The first-order valence-electron chi connectivity index (χ1n) is 6.15. The Labute approximate surface area is 118 Å². The van der Waals surface area contributed by atoms with Crippen molar-refractivity contribution in [1.29, 1.82) is 0 Å². The van der Waals surface area contributed by atoms with Crippen molar-refractivity contribution in [2.75, 3.05) is 0 Å². The van der Waals surface area contributed by atoms with Crippen LogP contribution in [0.25, 0.3) is 0 Å². The van der Waals surface area contributed by atoms with Gasteiger partial charge in [0.05, 0.1) is 5.41 Å². The van der Waals surface area contributed by atoms with Crippen molar-refractivity contribution >= 4 is 11.8 Å². The zero-order valence-electron chi connectivity index (χ0n) is 11.3. The molecule has 0 unspecified atom stereocenters. The standard InChI is InChI=1S/C15H19N3O2/c1-3-9-15(10-4-2,14(16)20)12-7-5-11(6-8-12)13(19)18-17/h3-8H,1-2,9-10,17H2,(H2,16,20)(H,18,19). The third-order valence-corrected chi connectivity index (χ3v) is 3.29. The molecule has 1 aromatic rings. The molecule has 0 aromatic heterocycles. The second-order valence-electron chi connectivity index (χ2n) is 4.48. The third kappa shape index (κ3) is 2.95. The van der Waals surface area contributed by atoms with Crippen molar-refractivity contribution in [1.82, 2.24) is 5.43 Å². The highest BCUT2D eigenvalue weighted by atomic mass is 16.2. The molecule has 0 saturated heterocycles. The lowest BCUT2D eigenvalue weighted by atomic mass is 9.74. The van der Waals surface area contributed by atoms with E-state index < -0.39 is 17.2 Å². The molecule has 0 saturated carbocycles. The second kappa shape index (κ2) is 6.68. The Morgan fingerprint density at radius 2 is 1.65 bits per heavy atom. The smallest absolute Gasteiger partial charge is 0.265 e. The summed E-state index contributed by atoms with van der Waals surface area (Å²) in [6.07, 6.45) is 4.09. The van der Waals surface area contributed by atoms with Gasteiger partial charge in [0.15, 0.2) is 0 Å². The first-order chi connectivity index (χ1) is 9.51. The fourth-order valence-corrected chi connectivity index (χ4v) is 2.18. The number of carbonyl (C=O) groups excluding carboxylic acids is 2. The summed E-state index contributed by atoms with van der Waals surface area (Å²) in [5.74, 6) is 4.23. The molecule has 5 heteroatoms. The van der Waals surface area contributed by atoms with Gasteiger partial charge in [-0.15, -0.1) is 13.2 Å². The molecule has 0 bridgehead atoms. The molecule has 0 aliphatic rings. The molecular formula is C15H19N3O2. The molecule has 2 amide bonds. The minimum absolute atomic E-state index is 0.395. The topological polar surface area (TPSA) is 98.2 Å². The minimum atomic E-state index is -0.888. The van der Waals surface area contributed by atoms with E-state index in [-0.39, 0.29) is 0 Å². The molecule has 5 N–H and O–H groups in total. The zero-order valence-corrected chi connectivity index (χ0v) is 11.3. The van der Waals surface area contributed by atoms with Crippen LogP contribution in [0.15, 0.2) is 49.6 Å². The van der Waals surface area contributed by atoms with Gasteiger partial charge in [0.2, 0.25) is 5.91 Å². The molecule has 0 radical (unpaired) electrons. The Morgan fingerprint density at radius 3 is 2.00 bits per heavy atom. The molecule has 1 rings (SSSR count). The van der Waals surface area contributed by atoms with Gasteiger partial charge in [-0.25, -0.2) is 5.84 Å². The largest absolute Gasteiger partial charge is 0.369 e. The number of rotatable bonds is 7. The number of amides is 2. The number of benzene rings is 1. The highest BCUT2D eigenvalue weighted by Crippen LogP contribution is 2.32. The van der Waals surface area contributed by atoms with Gasteiger partial charge >= 0.3 is 0 Å². The number of primary amides is 1. The normalized spacial score (nSPS) is 10.7. The van der Waals surface area contributed by atoms with Crippen LogP contribution in [0.3, 0.4) is 0 Å². The van der Waals surface area contributed by atoms with E-state index in [1.54, 1.807) is 36.4 Å². The summed E-state index contributed by atoms with van der Waals surface area (Å²) < 4.78 is 0. The summed E-state index contributed by atoms with van der Waals surface area (Å²) in [5, 5.41) is 0. The molecular weight excluding hydrogens is 254 g/mol. The highest BCUT2D eigenvalue weighted by Gasteiger charge is 2.36. The van der Waals surface area contributed by atoms with E-state index in [4.69, 9.17) is 11.6 Å². The number of hydrogen-bond acceptors (Lipinski definition) is 3. The van der Waals surface area contributed by atoms with Crippen LogP contribution in [0, 0.1) is 0 Å². The maximum atomic E-state index is 11.9. The molecule has 0 aliphatic carbocycles. The monoisotopic (exact) mass is 273 g/mol. The van der Waals surface area contributed by atoms with Gasteiger partial charge in [0, 0.05) is 5.56 Å². The summed E-state index contributed by atoms with van der Waals surface area (Å²) >= 11 is 0. The van der Waals surface area contributed by atoms with Gasteiger partial charge in [-0.05, 0) is 30.5 Å². The molecule has 0 heterocycles. The second-order valence-corrected chi connectivity index (χ2v) is 4.48. The summed E-state index contributed by atoms with van der Waals surface area (Å²) in [6.45, 7) is 7.34. The van der Waals surface area contributed by atoms with Gasteiger partial charge in [-0.1, -0.05) is 24.3 Å². The zero-order chi connectivity index (χ0) is 15.2. The summed E-state index contributed by atoms with van der Waals surface area (Å²) in [7, 11) is 0. The Bertz CT molecular complexity index is 510. The lowest BCUT2D eigenvalue weighted by Crippen LogP contribution is -2.40. The fourth-order valence-electron chi connectivity index (χ4n) is 2.18. The van der Waals surface area contributed by atoms with E-state index in [2.05, 4.69) is 13.2 Å². The van der Waals surface area contributed by atoms with Crippen LogP contribution in [-0.4, -0.2) is 11.8 Å². The maximum Gasteiger partial charge on any atom is 0.265 e. The number of allylic oxidation sites excluding steroid dienone is 2. The van der Waals surface area contributed by atoms with Crippen LogP contribution < -0.4 is 17.0 Å². The van der Waals surface area contributed by atoms with Crippen molar-refractivity contribution in [2.24, 2.45) is 11.6 Å². The van der Waals surface area contributed by atoms with E-state index in [0.29, 0.717) is 18.4 Å². The van der Waals surface area contributed by atoms with E-state index in [0.717, 1.165) is 5.56 Å². The Balaban J connectivity index is 3.26. The van der Waals surface area contributed by atoms with Crippen LogP contribution >= 0.6 is 0 Å². The molecule has 1 aromatic carbocycles. The molecule has 20 heavy (non-hydrogen) atoms. The summed E-state index contributed by atoms with van der Waals surface area (Å²) in [5.41, 5.74) is 7.86. The third-order valence-electron chi connectivity index (χ3n) is 3.29. The van der Waals surface area contributed by atoms with Crippen LogP contribution in [-0.2, 0) is 10.2 Å². The van der Waals surface area contributed by atoms with Gasteiger partial charge in [0.1, 0.15) is 0 Å². The quantitative estimate of drug-likeness (QED) is 0.301. The predicted octanol–water partition coefficient (Wildman–Crippen LogP) is 1.17. The van der Waals surface area contributed by atoms with Crippen molar-refractivity contribution in [3.05, 3.63) is 60.7 Å². The number of hydrogen-bond donors (Lipinski definition) is 3. The van der Waals surface area contributed by atoms with Gasteiger partial charge in [-0.2, -0.15) is 0 Å². The van der Waals surface area contributed by atoms with Gasteiger partial charge < -0.3 is 5.73 Å². The van der Waals surface area contributed by atoms with Gasteiger partial charge in [0.25, 0.3) is 5.91 Å². The molecule has 0 aliphatic heterocycles. The summed E-state index contributed by atoms with van der Waals surface area (Å²) in [4.78, 5) is 23.3. The van der Waals surface area contributed by atoms with Gasteiger partial charge in [-0.3, -0.25) is 15.0 Å². The van der Waals surface area contributed by atoms with E-state index in [9.17, 15) is 9.59 Å². The number of hydrazine groups is 1. The first kappa shape index (κ1) is 15.7. The minimum Gasteiger partial charge on any atom is -0.369 e.